The Balaban J connectivity index is 2.10. The molecule has 0 saturated heterocycles. The number of hydrogen-bond acceptors (Lipinski definition) is 1. The number of halogens is 1. The first kappa shape index (κ1) is 11.1. The van der Waals surface area contributed by atoms with Gasteiger partial charge in [-0.25, -0.2) is 4.68 Å². The molecule has 0 bridgehead atoms. The Morgan fingerprint density at radius 1 is 1.11 bits per heavy atom. The van der Waals surface area contributed by atoms with Crippen molar-refractivity contribution in [2.24, 2.45) is 0 Å². The van der Waals surface area contributed by atoms with Crippen LogP contribution in [-0.4, -0.2) is 9.78 Å². The first-order valence-corrected chi connectivity index (χ1v) is 5.98. The van der Waals surface area contributed by atoms with Crippen molar-refractivity contribution in [3.05, 3.63) is 72.0 Å². The maximum absolute atomic E-state index is 6.20. The molecule has 0 fully saturated rings. The van der Waals surface area contributed by atoms with E-state index in [-0.39, 0.29) is 0 Å². The van der Waals surface area contributed by atoms with E-state index in [1.807, 2.05) is 54.7 Å². The van der Waals surface area contributed by atoms with Gasteiger partial charge in [0.05, 0.1) is 5.69 Å². The van der Waals surface area contributed by atoms with Gasteiger partial charge in [-0.1, -0.05) is 29.8 Å². The van der Waals surface area contributed by atoms with Gasteiger partial charge in [-0.15, -0.1) is 0 Å². The minimum atomic E-state index is 0.739. The highest BCUT2D eigenvalue weighted by atomic mass is 35.5. The van der Waals surface area contributed by atoms with Crippen LogP contribution in [0.2, 0.25) is 5.02 Å². The third-order valence-electron chi connectivity index (χ3n) is 2.73. The van der Waals surface area contributed by atoms with Crippen molar-refractivity contribution in [3.8, 4) is 16.8 Å². The predicted octanol–water partition coefficient (Wildman–Crippen LogP) is 3.99. The molecule has 1 aromatic heterocycles. The Bertz CT molecular complexity index is 660. The fourth-order valence-electron chi connectivity index (χ4n) is 1.86. The Morgan fingerprint density at radius 3 is 2.78 bits per heavy atom. The third-order valence-corrected chi connectivity index (χ3v) is 3.06. The molecule has 3 aromatic rings. The average Bonchev–Trinajstić information content (AvgIpc) is 2.93. The van der Waals surface area contributed by atoms with Crippen LogP contribution in [0.1, 0.15) is 0 Å². The summed E-state index contributed by atoms with van der Waals surface area (Å²) in [7, 11) is 0. The lowest BCUT2D eigenvalue weighted by Gasteiger charge is -2.07. The molecule has 0 saturated carbocycles. The summed E-state index contributed by atoms with van der Waals surface area (Å²) in [4.78, 5) is 0. The zero-order chi connectivity index (χ0) is 12.4. The van der Waals surface area contributed by atoms with Crippen molar-refractivity contribution >= 4 is 11.6 Å². The standard InChI is InChI=1S/C15H10ClN2/c16-15-8-2-1-7-14(15)12-5-3-6-13(11-12)18-10-4-9-17-18/h1-2,4-11H. The summed E-state index contributed by atoms with van der Waals surface area (Å²) in [6.07, 6.45) is 3.65. The van der Waals surface area contributed by atoms with Gasteiger partial charge in [0.25, 0.3) is 0 Å². The summed E-state index contributed by atoms with van der Waals surface area (Å²) >= 11 is 6.20. The van der Waals surface area contributed by atoms with Gasteiger partial charge < -0.3 is 0 Å². The molecule has 3 heteroatoms. The van der Waals surface area contributed by atoms with Crippen molar-refractivity contribution in [1.82, 2.24) is 9.78 Å². The largest absolute Gasteiger partial charge is 0.241 e. The molecule has 1 radical (unpaired) electrons. The van der Waals surface area contributed by atoms with Crippen molar-refractivity contribution < 1.29 is 0 Å². The highest BCUT2D eigenvalue weighted by Gasteiger charge is 2.04. The zero-order valence-corrected chi connectivity index (χ0v) is 10.3. The van der Waals surface area contributed by atoms with Crippen LogP contribution in [0.4, 0.5) is 0 Å². The summed E-state index contributed by atoms with van der Waals surface area (Å²) in [5, 5.41) is 4.95. The van der Waals surface area contributed by atoms with Gasteiger partial charge in [0, 0.05) is 23.0 Å². The molecule has 87 valence electrons. The monoisotopic (exact) mass is 253 g/mol. The van der Waals surface area contributed by atoms with E-state index in [9.17, 15) is 0 Å². The smallest absolute Gasteiger partial charge is 0.0657 e. The quantitative estimate of drug-likeness (QED) is 0.675. The SMILES string of the molecule is Clc1ccccc1-c1c[c]cc(-n2cccn2)c1. The summed E-state index contributed by atoms with van der Waals surface area (Å²) < 4.78 is 1.80. The van der Waals surface area contributed by atoms with Gasteiger partial charge >= 0.3 is 0 Å². The van der Waals surface area contributed by atoms with Crippen molar-refractivity contribution in [2.45, 2.75) is 0 Å². The van der Waals surface area contributed by atoms with Gasteiger partial charge in [-0.05, 0) is 42.0 Å². The summed E-state index contributed by atoms with van der Waals surface area (Å²) in [6.45, 7) is 0. The molecule has 2 aromatic carbocycles. The highest BCUT2D eigenvalue weighted by molar-refractivity contribution is 6.33. The topological polar surface area (TPSA) is 17.8 Å². The van der Waals surface area contributed by atoms with E-state index in [2.05, 4.69) is 11.2 Å². The molecular formula is C15H10ClN2. The summed E-state index contributed by atoms with van der Waals surface area (Å²) in [6, 6.07) is 18.7. The van der Waals surface area contributed by atoms with Crippen LogP contribution in [0, 0.1) is 6.07 Å². The Morgan fingerprint density at radius 2 is 2.00 bits per heavy atom. The van der Waals surface area contributed by atoms with E-state index in [0.29, 0.717) is 0 Å². The number of aromatic nitrogens is 2. The van der Waals surface area contributed by atoms with E-state index in [1.54, 1.807) is 10.9 Å². The van der Waals surface area contributed by atoms with Crippen LogP contribution in [-0.2, 0) is 0 Å². The van der Waals surface area contributed by atoms with E-state index >= 15 is 0 Å². The molecule has 0 unspecified atom stereocenters. The molecule has 0 aliphatic rings. The third kappa shape index (κ3) is 2.03. The number of hydrogen-bond donors (Lipinski definition) is 0. The van der Waals surface area contributed by atoms with Gasteiger partial charge in [0.1, 0.15) is 0 Å². The molecule has 18 heavy (non-hydrogen) atoms. The predicted molar refractivity (Wildman–Crippen MR) is 72.8 cm³/mol. The molecule has 1 heterocycles. The molecule has 0 N–H and O–H groups in total. The lowest BCUT2D eigenvalue weighted by Crippen LogP contribution is -1.94. The molecular weight excluding hydrogens is 244 g/mol. The van der Waals surface area contributed by atoms with E-state index < -0.39 is 0 Å². The Labute approximate surface area is 110 Å². The van der Waals surface area contributed by atoms with E-state index in [4.69, 9.17) is 11.6 Å². The average molecular weight is 254 g/mol. The molecule has 0 atom stereocenters. The molecule has 0 aliphatic heterocycles. The molecule has 3 rings (SSSR count). The fraction of sp³-hybridized carbons (Fsp3) is 0. The normalized spacial score (nSPS) is 10.5. The van der Waals surface area contributed by atoms with Crippen LogP contribution < -0.4 is 0 Å². The molecule has 0 aliphatic carbocycles. The Hall–Kier alpha value is -2.06. The second-order valence-electron chi connectivity index (χ2n) is 3.91. The molecule has 0 amide bonds. The van der Waals surface area contributed by atoms with Crippen molar-refractivity contribution in [3.63, 3.8) is 0 Å². The second-order valence-corrected chi connectivity index (χ2v) is 4.32. The number of rotatable bonds is 2. The first-order valence-electron chi connectivity index (χ1n) is 5.61. The van der Waals surface area contributed by atoms with E-state index in [1.165, 1.54) is 0 Å². The van der Waals surface area contributed by atoms with Gasteiger partial charge in [0.2, 0.25) is 0 Å². The van der Waals surface area contributed by atoms with Crippen LogP contribution in [0.25, 0.3) is 16.8 Å². The lowest BCUT2D eigenvalue weighted by molar-refractivity contribution is 0.881. The Kier molecular flexibility index (Phi) is 2.87. The zero-order valence-electron chi connectivity index (χ0n) is 9.55. The van der Waals surface area contributed by atoms with Crippen molar-refractivity contribution in [1.29, 1.82) is 0 Å². The maximum atomic E-state index is 6.20. The van der Waals surface area contributed by atoms with Crippen LogP contribution >= 0.6 is 11.6 Å². The number of benzene rings is 2. The summed E-state index contributed by atoms with van der Waals surface area (Å²) in [5.74, 6) is 0. The van der Waals surface area contributed by atoms with Crippen LogP contribution in [0.5, 0.6) is 0 Å². The second kappa shape index (κ2) is 4.67. The number of nitrogens with zero attached hydrogens (tertiary/aromatic N) is 2. The minimum absolute atomic E-state index is 0.739. The maximum Gasteiger partial charge on any atom is 0.0657 e. The minimum Gasteiger partial charge on any atom is -0.241 e. The highest BCUT2D eigenvalue weighted by Crippen LogP contribution is 2.28. The van der Waals surface area contributed by atoms with Gasteiger partial charge in [-0.3, -0.25) is 0 Å². The van der Waals surface area contributed by atoms with Gasteiger partial charge in [0.15, 0.2) is 0 Å². The molecule has 2 nitrogen and oxygen atoms in total. The van der Waals surface area contributed by atoms with Crippen molar-refractivity contribution in [2.75, 3.05) is 0 Å². The van der Waals surface area contributed by atoms with Gasteiger partial charge in [-0.2, -0.15) is 5.10 Å². The molecule has 0 spiro atoms. The first-order chi connectivity index (χ1) is 8.84. The lowest BCUT2D eigenvalue weighted by atomic mass is 10.1. The van der Waals surface area contributed by atoms with Crippen LogP contribution in [0.3, 0.4) is 0 Å². The fourth-order valence-corrected chi connectivity index (χ4v) is 2.11. The summed E-state index contributed by atoms with van der Waals surface area (Å²) in [5.41, 5.74) is 3.01. The van der Waals surface area contributed by atoms with E-state index in [0.717, 1.165) is 21.8 Å². The van der Waals surface area contributed by atoms with Crippen LogP contribution in [0.15, 0.2) is 60.9 Å².